The Balaban J connectivity index is 1.77. The van der Waals surface area contributed by atoms with E-state index < -0.39 is 34.8 Å². The molecule has 0 saturated heterocycles. The Morgan fingerprint density at radius 3 is 2.50 bits per heavy atom. The maximum atomic E-state index is 12.2. The van der Waals surface area contributed by atoms with Gasteiger partial charge in [0.25, 0.3) is 0 Å². The van der Waals surface area contributed by atoms with Crippen LogP contribution in [-0.4, -0.2) is 37.2 Å². The summed E-state index contributed by atoms with van der Waals surface area (Å²) in [7, 11) is -3.93. The monoisotopic (exact) mass is 412 g/mol. The van der Waals surface area contributed by atoms with Gasteiger partial charge in [0.1, 0.15) is 0 Å². The highest BCUT2D eigenvalue weighted by Crippen LogP contribution is 2.29. The summed E-state index contributed by atoms with van der Waals surface area (Å²) in [5.74, 6) is -0.644. The second kappa shape index (κ2) is 7.84. The largest absolute Gasteiger partial charge is 0.389 e. The van der Waals surface area contributed by atoms with Crippen molar-refractivity contribution in [3.63, 3.8) is 0 Å². The van der Waals surface area contributed by atoms with Crippen LogP contribution in [0.5, 0.6) is 0 Å². The fourth-order valence-electron chi connectivity index (χ4n) is 3.02. The summed E-state index contributed by atoms with van der Waals surface area (Å²) in [6.45, 7) is -0.131. The van der Waals surface area contributed by atoms with Crippen LogP contribution in [-0.2, 0) is 10.0 Å². The minimum atomic E-state index is -4.39. The van der Waals surface area contributed by atoms with E-state index in [-0.39, 0.29) is 12.2 Å². The van der Waals surface area contributed by atoms with E-state index in [2.05, 4.69) is 4.72 Å². The van der Waals surface area contributed by atoms with Crippen LogP contribution in [0.2, 0.25) is 0 Å². The van der Waals surface area contributed by atoms with Gasteiger partial charge in [-0.2, -0.15) is 13.2 Å². The van der Waals surface area contributed by atoms with E-state index >= 15 is 0 Å². The lowest BCUT2D eigenvalue weighted by molar-refractivity contribution is -0.134. The van der Waals surface area contributed by atoms with E-state index in [0.29, 0.717) is 5.70 Å². The number of fused-ring (bicyclic) bond motifs is 1. The molecule has 1 aliphatic heterocycles. The van der Waals surface area contributed by atoms with Gasteiger partial charge in [-0.1, -0.05) is 42.5 Å². The van der Waals surface area contributed by atoms with Crippen LogP contribution < -0.4 is 4.72 Å². The quantitative estimate of drug-likeness (QED) is 0.752. The van der Waals surface area contributed by atoms with Gasteiger partial charge < -0.3 is 0 Å². The van der Waals surface area contributed by atoms with E-state index in [1.807, 2.05) is 42.5 Å². The second-order valence-corrected chi connectivity index (χ2v) is 8.31. The van der Waals surface area contributed by atoms with E-state index in [1.54, 1.807) is 6.08 Å². The summed E-state index contributed by atoms with van der Waals surface area (Å²) in [6.07, 6.45) is -3.00. The van der Waals surface area contributed by atoms with E-state index in [0.717, 1.165) is 21.4 Å². The van der Waals surface area contributed by atoms with Gasteiger partial charge in [0.05, 0.1) is 18.0 Å². The molecule has 0 bridgehead atoms. The fourth-order valence-corrected chi connectivity index (χ4v) is 4.18. The van der Waals surface area contributed by atoms with Crippen LogP contribution in [0.3, 0.4) is 0 Å². The first-order valence-electron chi connectivity index (χ1n) is 8.57. The van der Waals surface area contributed by atoms with E-state index in [4.69, 9.17) is 0 Å². The molecule has 0 saturated carbocycles. The molecule has 9 heteroatoms. The van der Waals surface area contributed by atoms with Crippen LogP contribution in [0.25, 0.3) is 16.5 Å². The zero-order chi connectivity index (χ0) is 20.4. The molecule has 0 amide bonds. The van der Waals surface area contributed by atoms with Crippen LogP contribution >= 0.6 is 0 Å². The van der Waals surface area contributed by atoms with Crippen molar-refractivity contribution in [1.82, 2.24) is 9.79 Å². The topological polar surface area (TPSA) is 69.6 Å². The summed E-state index contributed by atoms with van der Waals surface area (Å²) in [5, 5.41) is 13.2. The summed E-state index contributed by atoms with van der Waals surface area (Å²) >= 11 is 0. The van der Waals surface area contributed by atoms with Crippen molar-refractivity contribution in [2.45, 2.75) is 19.0 Å². The minimum Gasteiger partial charge on any atom is -0.288 e. The number of benzene rings is 2. The molecule has 0 aliphatic carbocycles. The maximum Gasteiger partial charge on any atom is 0.389 e. The molecule has 0 radical (unpaired) electrons. The molecule has 5 nitrogen and oxygen atoms in total. The third-order valence-corrected chi connectivity index (χ3v) is 5.67. The molecule has 2 aromatic rings. The molecule has 2 N–H and O–H groups in total. The Morgan fingerprint density at radius 2 is 1.79 bits per heavy atom. The summed E-state index contributed by atoms with van der Waals surface area (Å²) in [5.41, 5.74) is 1.46. The van der Waals surface area contributed by atoms with Crippen molar-refractivity contribution in [3.05, 3.63) is 65.9 Å². The first-order valence-corrected chi connectivity index (χ1v) is 10.2. The average Bonchev–Trinajstić information content (AvgIpc) is 2.60. The zero-order valence-corrected chi connectivity index (χ0v) is 15.6. The molecule has 28 heavy (non-hydrogen) atoms. The second-order valence-electron chi connectivity index (χ2n) is 6.47. The molecule has 1 heterocycles. The molecule has 0 unspecified atom stereocenters. The lowest BCUT2D eigenvalue weighted by Crippen LogP contribution is -2.34. The van der Waals surface area contributed by atoms with Crippen LogP contribution in [0.4, 0.5) is 13.2 Å². The Bertz CT molecular complexity index is 1020. The third-order valence-electron chi connectivity index (χ3n) is 4.27. The van der Waals surface area contributed by atoms with Crippen molar-refractivity contribution in [2.24, 2.45) is 0 Å². The van der Waals surface area contributed by atoms with Gasteiger partial charge >= 0.3 is 6.18 Å². The number of halogens is 3. The van der Waals surface area contributed by atoms with Crippen molar-refractivity contribution in [2.75, 3.05) is 12.3 Å². The van der Waals surface area contributed by atoms with Gasteiger partial charge in [-0.3, -0.25) is 15.0 Å². The highest BCUT2D eigenvalue weighted by molar-refractivity contribution is 7.89. The molecule has 0 fully saturated rings. The lowest BCUT2D eigenvalue weighted by atomic mass is 10.0. The molecule has 2 aromatic carbocycles. The predicted molar refractivity (Wildman–Crippen MR) is 101 cm³/mol. The highest BCUT2D eigenvalue weighted by atomic mass is 32.2. The van der Waals surface area contributed by atoms with Crippen LogP contribution in [0, 0.1) is 0 Å². The minimum absolute atomic E-state index is 0.131. The fraction of sp³-hybridized carbons (Fsp3) is 0.263. The smallest absolute Gasteiger partial charge is 0.288 e. The molecule has 0 spiro atoms. The van der Waals surface area contributed by atoms with Gasteiger partial charge in [-0.25, -0.2) is 8.42 Å². The van der Waals surface area contributed by atoms with Crippen molar-refractivity contribution >= 4 is 26.5 Å². The average molecular weight is 412 g/mol. The summed E-state index contributed by atoms with van der Waals surface area (Å²) < 4.78 is 62.7. The van der Waals surface area contributed by atoms with Gasteiger partial charge in [0.15, 0.2) is 0 Å². The Hall–Kier alpha value is -2.52. The lowest BCUT2D eigenvalue weighted by Gasteiger charge is -2.26. The first kappa shape index (κ1) is 20.2. The number of hydroxylamine groups is 2. The molecule has 150 valence electrons. The van der Waals surface area contributed by atoms with Gasteiger partial charge in [-0.15, -0.1) is 0 Å². The SMILES string of the molecule is O=S(=O)(CCCC(F)(F)F)NC1=CC=C(c2cccc3ccccc23)N(O)C1. The predicted octanol–water partition coefficient (Wildman–Crippen LogP) is 4.03. The van der Waals surface area contributed by atoms with Crippen molar-refractivity contribution in [1.29, 1.82) is 0 Å². The number of sulfonamides is 1. The molecule has 1 aliphatic rings. The Labute approximate surface area is 160 Å². The highest BCUT2D eigenvalue weighted by Gasteiger charge is 2.28. The van der Waals surface area contributed by atoms with Gasteiger partial charge in [0.2, 0.25) is 10.0 Å². The van der Waals surface area contributed by atoms with Crippen LogP contribution in [0.15, 0.2) is 60.3 Å². The normalized spacial score (nSPS) is 15.4. The number of nitrogens with one attached hydrogen (secondary N) is 1. The number of rotatable bonds is 6. The number of hydrogen-bond donors (Lipinski definition) is 2. The molecular formula is C19H19F3N2O3S. The van der Waals surface area contributed by atoms with Crippen molar-refractivity contribution in [3.8, 4) is 0 Å². The molecule has 0 atom stereocenters. The van der Waals surface area contributed by atoms with Crippen molar-refractivity contribution < 1.29 is 26.8 Å². The standard InChI is InChI=1S/C19H19F3N2O3S/c20-19(21,22)11-4-12-28(26,27)23-15-9-10-18(24(25)13-15)17-8-3-6-14-5-1-2-7-16(14)17/h1-3,5-10,23,25H,4,11-13H2. The van der Waals surface area contributed by atoms with Gasteiger partial charge in [-0.05, 0) is 29.3 Å². The van der Waals surface area contributed by atoms with Gasteiger partial charge in [0, 0.05) is 17.7 Å². The summed E-state index contributed by atoms with van der Waals surface area (Å²) in [6, 6.07) is 13.3. The van der Waals surface area contributed by atoms with E-state index in [1.165, 1.54) is 6.08 Å². The third kappa shape index (κ3) is 5.05. The Morgan fingerprint density at radius 1 is 1.07 bits per heavy atom. The first-order chi connectivity index (χ1) is 13.1. The Kier molecular flexibility index (Phi) is 5.66. The number of alkyl halides is 3. The zero-order valence-electron chi connectivity index (χ0n) is 14.8. The number of hydrogen-bond acceptors (Lipinski definition) is 4. The number of allylic oxidation sites excluding steroid dienone is 2. The molecule has 3 rings (SSSR count). The van der Waals surface area contributed by atoms with Crippen LogP contribution in [0.1, 0.15) is 18.4 Å². The maximum absolute atomic E-state index is 12.2. The molecule has 0 aromatic heterocycles. The summed E-state index contributed by atoms with van der Waals surface area (Å²) in [4.78, 5) is 0. The van der Waals surface area contributed by atoms with E-state index in [9.17, 15) is 26.8 Å². The number of nitrogens with zero attached hydrogens (tertiary/aromatic N) is 1. The molecular weight excluding hydrogens is 393 g/mol.